The zero-order valence-electron chi connectivity index (χ0n) is 12.4. The van der Waals surface area contributed by atoms with E-state index in [2.05, 4.69) is 10.00 Å². The molecule has 0 radical (unpaired) electrons. The molecular weight excluding hydrogens is 288 g/mol. The molecule has 21 heavy (non-hydrogen) atoms. The number of nitrogens with two attached hydrogens (primary N) is 1. The number of rotatable bonds is 4. The Kier molecular flexibility index (Phi) is 5.65. The summed E-state index contributed by atoms with van der Waals surface area (Å²) in [7, 11) is 0. The maximum atomic E-state index is 12.1. The third-order valence-corrected chi connectivity index (χ3v) is 4.82. The second kappa shape index (κ2) is 7.27. The van der Waals surface area contributed by atoms with Crippen LogP contribution in [0.3, 0.4) is 0 Å². The predicted molar refractivity (Wildman–Crippen MR) is 87.1 cm³/mol. The van der Waals surface area contributed by atoms with Crippen molar-refractivity contribution >= 4 is 18.1 Å². The van der Waals surface area contributed by atoms with Gasteiger partial charge in [-0.25, -0.2) is 4.68 Å². The zero-order valence-corrected chi connectivity index (χ0v) is 13.2. The molecule has 1 aliphatic carbocycles. The second-order valence-corrected chi connectivity index (χ2v) is 6.20. The van der Waals surface area contributed by atoms with Crippen LogP contribution in [0.2, 0.25) is 0 Å². The van der Waals surface area contributed by atoms with Gasteiger partial charge in [-0.1, -0.05) is 6.42 Å². The molecule has 118 valence electrons. The van der Waals surface area contributed by atoms with Gasteiger partial charge in [0.15, 0.2) is 0 Å². The lowest BCUT2D eigenvalue weighted by molar-refractivity contribution is 0.261. The molecular formula is C15H25ClN4O. The average molecular weight is 313 g/mol. The van der Waals surface area contributed by atoms with Crippen LogP contribution in [0, 0.1) is 11.8 Å². The maximum Gasteiger partial charge on any atom is 0.268 e. The number of nitrogens with zero attached hydrogens (tertiary/aromatic N) is 3. The van der Waals surface area contributed by atoms with E-state index in [1.165, 1.54) is 19.3 Å². The van der Waals surface area contributed by atoms with Crippen LogP contribution in [0.15, 0.2) is 17.1 Å². The molecule has 2 aliphatic rings. The molecule has 1 saturated carbocycles. The number of aromatic nitrogens is 2. The SMILES string of the molecule is Cl.NCC1CCN(c2cnn(CC3CCC3)c(=O)c2)CC1. The zero-order chi connectivity index (χ0) is 13.9. The molecule has 1 aromatic rings. The van der Waals surface area contributed by atoms with Gasteiger partial charge in [-0.15, -0.1) is 12.4 Å². The Labute approximate surface area is 131 Å². The van der Waals surface area contributed by atoms with E-state index < -0.39 is 0 Å². The first-order valence-electron chi connectivity index (χ1n) is 7.78. The smallest absolute Gasteiger partial charge is 0.268 e. The monoisotopic (exact) mass is 312 g/mol. The van der Waals surface area contributed by atoms with E-state index in [0.717, 1.165) is 44.7 Å². The van der Waals surface area contributed by atoms with E-state index in [1.807, 2.05) is 6.20 Å². The Morgan fingerprint density at radius 1 is 1.19 bits per heavy atom. The first kappa shape index (κ1) is 16.3. The van der Waals surface area contributed by atoms with E-state index in [-0.39, 0.29) is 18.0 Å². The van der Waals surface area contributed by atoms with Crippen molar-refractivity contribution in [2.24, 2.45) is 17.6 Å². The molecule has 0 atom stereocenters. The summed E-state index contributed by atoms with van der Waals surface area (Å²) < 4.78 is 1.62. The summed E-state index contributed by atoms with van der Waals surface area (Å²) in [5, 5.41) is 4.35. The highest BCUT2D eigenvalue weighted by Crippen LogP contribution is 2.27. The summed E-state index contributed by atoms with van der Waals surface area (Å²) in [5.41, 5.74) is 6.72. The Balaban J connectivity index is 0.00000161. The summed E-state index contributed by atoms with van der Waals surface area (Å²) >= 11 is 0. The first-order chi connectivity index (χ1) is 9.76. The number of halogens is 1. The second-order valence-electron chi connectivity index (χ2n) is 6.20. The van der Waals surface area contributed by atoms with Crippen LogP contribution >= 0.6 is 12.4 Å². The quantitative estimate of drug-likeness (QED) is 0.918. The molecule has 1 aromatic heterocycles. The molecule has 0 unspecified atom stereocenters. The standard InChI is InChI=1S/C15H24N4O.ClH/c16-9-12-4-6-18(7-5-12)14-8-15(20)19(17-10-14)11-13-2-1-3-13;/h8,10,12-13H,1-7,9,11,16H2;1H. The third kappa shape index (κ3) is 3.77. The summed E-state index contributed by atoms with van der Waals surface area (Å²) in [6.45, 7) is 3.52. The van der Waals surface area contributed by atoms with Gasteiger partial charge in [0.2, 0.25) is 0 Å². The minimum atomic E-state index is 0. The van der Waals surface area contributed by atoms with Crippen LogP contribution in [0.1, 0.15) is 32.1 Å². The van der Waals surface area contributed by atoms with Crippen LogP contribution in [-0.2, 0) is 6.54 Å². The summed E-state index contributed by atoms with van der Waals surface area (Å²) in [5.74, 6) is 1.30. The van der Waals surface area contributed by atoms with Gasteiger partial charge in [0.25, 0.3) is 5.56 Å². The Hall–Kier alpha value is -1.07. The molecule has 3 rings (SSSR count). The fraction of sp³-hybridized carbons (Fsp3) is 0.733. The van der Waals surface area contributed by atoms with Crippen LogP contribution < -0.4 is 16.2 Å². The summed E-state index contributed by atoms with van der Waals surface area (Å²) in [6, 6.07) is 1.74. The van der Waals surface area contributed by atoms with Crippen molar-refractivity contribution in [2.45, 2.75) is 38.6 Å². The molecule has 2 heterocycles. The van der Waals surface area contributed by atoms with E-state index in [1.54, 1.807) is 10.7 Å². The minimum absolute atomic E-state index is 0. The minimum Gasteiger partial charge on any atom is -0.370 e. The van der Waals surface area contributed by atoms with Gasteiger partial charge in [-0.3, -0.25) is 4.79 Å². The Morgan fingerprint density at radius 3 is 2.43 bits per heavy atom. The molecule has 2 fully saturated rings. The van der Waals surface area contributed by atoms with Crippen molar-refractivity contribution in [3.63, 3.8) is 0 Å². The molecule has 1 saturated heterocycles. The van der Waals surface area contributed by atoms with Gasteiger partial charge in [0, 0.05) is 25.7 Å². The molecule has 0 aromatic carbocycles. The highest BCUT2D eigenvalue weighted by molar-refractivity contribution is 5.85. The van der Waals surface area contributed by atoms with Gasteiger partial charge in [0.05, 0.1) is 11.9 Å². The lowest BCUT2D eigenvalue weighted by Crippen LogP contribution is -2.37. The third-order valence-electron chi connectivity index (χ3n) is 4.82. The van der Waals surface area contributed by atoms with Crippen LogP contribution in [0.4, 0.5) is 5.69 Å². The van der Waals surface area contributed by atoms with E-state index in [9.17, 15) is 4.79 Å². The van der Waals surface area contributed by atoms with Crippen molar-refractivity contribution in [3.05, 3.63) is 22.6 Å². The van der Waals surface area contributed by atoms with Gasteiger partial charge in [-0.2, -0.15) is 5.10 Å². The summed E-state index contributed by atoms with van der Waals surface area (Å²) in [4.78, 5) is 14.4. The van der Waals surface area contributed by atoms with E-state index >= 15 is 0 Å². The van der Waals surface area contributed by atoms with Crippen molar-refractivity contribution < 1.29 is 0 Å². The van der Waals surface area contributed by atoms with Crippen molar-refractivity contribution in [2.75, 3.05) is 24.5 Å². The van der Waals surface area contributed by atoms with Gasteiger partial charge in [0.1, 0.15) is 0 Å². The lowest BCUT2D eigenvalue weighted by atomic mass is 9.85. The molecule has 0 bridgehead atoms. The van der Waals surface area contributed by atoms with Crippen molar-refractivity contribution in [1.82, 2.24) is 9.78 Å². The van der Waals surface area contributed by atoms with Crippen molar-refractivity contribution in [1.29, 1.82) is 0 Å². The first-order valence-corrected chi connectivity index (χ1v) is 7.78. The highest BCUT2D eigenvalue weighted by Gasteiger charge is 2.21. The Morgan fingerprint density at radius 2 is 1.90 bits per heavy atom. The number of hydrogen-bond donors (Lipinski definition) is 1. The van der Waals surface area contributed by atoms with Crippen LogP contribution in [0.5, 0.6) is 0 Å². The molecule has 0 amide bonds. The topological polar surface area (TPSA) is 64.2 Å². The molecule has 5 nitrogen and oxygen atoms in total. The largest absolute Gasteiger partial charge is 0.370 e. The van der Waals surface area contributed by atoms with Crippen molar-refractivity contribution in [3.8, 4) is 0 Å². The fourth-order valence-corrected chi connectivity index (χ4v) is 3.08. The Bertz CT molecular complexity index is 507. The maximum absolute atomic E-state index is 12.1. The average Bonchev–Trinajstić information content (AvgIpc) is 2.44. The van der Waals surface area contributed by atoms with Gasteiger partial charge in [-0.05, 0) is 44.1 Å². The number of anilines is 1. The number of hydrogen-bond acceptors (Lipinski definition) is 4. The van der Waals surface area contributed by atoms with E-state index in [0.29, 0.717) is 11.8 Å². The normalized spacial score (nSPS) is 20.0. The highest BCUT2D eigenvalue weighted by atomic mass is 35.5. The molecule has 2 N–H and O–H groups in total. The van der Waals surface area contributed by atoms with Crippen LogP contribution in [0.25, 0.3) is 0 Å². The van der Waals surface area contributed by atoms with Crippen LogP contribution in [-0.4, -0.2) is 29.4 Å². The molecule has 1 aliphatic heterocycles. The van der Waals surface area contributed by atoms with Gasteiger partial charge >= 0.3 is 0 Å². The fourth-order valence-electron chi connectivity index (χ4n) is 3.08. The number of piperidine rings is 1. The van der Waals surface area contributed by atoms with E-state index in [4.69, 9.17) is 5.73 Å². The molecule has 0 spiro atoms. The molecule has 6 heteroatoms. The van der Waals surface area contributed by atoms with Gasteiger partial charge < -0.3 is 10.6 Å². The lowest BCUT2D eigenvalue weighted by Gasteiger charge is -2.33. The predicted octanol–water partition coefficient (Wildman–Crippen LogP) is 1.64. The summed E-state index contributed by atoms with van der Waals surface area (Å²) in [6.07, 6.45) is 7.85.